The van der Waals surface area contributed by atoms with E-state index in [1.165, 1.54) is 15.4 Å². The van der Waals surface area contributed by atoms with Crippen molar-refractivity contribution < 1.29 is 0 Å². The molecule has 0 fully saturated rings. The molecule has 1 aromatic carbocycles. The van der Waals surface area contributed by atoms with Gasteiger partial charge in [0, 0.05) is 15.8 Å². The van der Waals surface area contributed by atoms with Crippen LogP contribution in [0.25, 0.3) is 0 Å². The maximum absolute atomic E-state index is 5.58. The van der Waals surface area contributed by atoms with Gasteiger partial charge in [-0.15, -0.1) is 11.3 Å². The standard InChI is InChI=1S/C13H15BrN2S/c1-9-12(6-7-15)17-13(16-9)8-10-2-4-11(14)5-3-10/h2-5H,6-8,15H2,1H3. The second-order valence-electron chi connectivity index (χ2n) is 3.96. The fourth-order valence-electron chi connectivity index (χ4n) is 1.70. The Bertz CT molecular complexity index is 491. The minimum absolute atomic E-state index is 0.695. The molecule has 0 saturated carbocycles. The molecule has 2 N–H and O–H groups in total. The van der Waals surface area contributed by atoms with Gasteiger partial charge < -0.3 is 5.73 Å². The third kappa shape index (κ3) is 3.37. The number of thiazole rings is 1. The molecule has 1 heterocycles. The predicted octanol–water partition coefficient (Wildman–Crippen LogP) is 3.31. The van der Waals surface area contributed by atoms with Crippen LogP contribution >= 0.6 is 27.3 Å². The molecular weight excluding hydrogens is 296 g/mol. The minimum atomic E-state index is 0.695. The Morgan fingerprint density at radius 3 is 2.65 bits per heavy atom. The maximum atomic E-state index is 5.58. The van der Waals surface area contributed by atoms with E-state index in [4.69, 9.17) is 5.73 Å². The highest BCUT2D eigenvalue weighted by atomic mass is 79.9. The first-order valence-electron chi connectivity index (χ1n) is 5.58. The number of nitrogens with two attached hydrogens (primary N) is 1. The van der Waals surface area contributed by atoms with Crippen molar-refractivity contribution in [2.45, 2.75) is 19.8 Å². The fraction of sp³-hybridized carbons (Fsp3) is 0.308. The van der Waals surface area contributed by atoms with Crippen LogP contribution in [0.4, 0.5) is 0 Å². The number of aryl methyl sites for hydroxylation is 1. The van der Waals surface area contributed by atoms with Crippen LogP contribution in [-0.4, -0.2) is 11.5 Å². The van der Waals surface area contributed by atoms with Gasteiger partial charge in [0.15, 0.2) is 0 Å². The van der Waals surface area contributed by atoms with E-state index >= 15 is 0 Å². The highest BCUT2D eigenvalue weighted by Crippen LogP contribution is 2.21. The summed E-state index contributed by atoms with van der Waals surface area (Å²) in [7, 11) is 0. The number of hydrogen-bond acceptors (Lipinski definition) is 3. The lowest BCUT2D eigenvalue weighted by molar-refractivity contribution is 0.966. The van der Waals surface area contributed by atoms with Gasteiger partial charge in [0.2, 0.25) is 0 Å². The van der Waals surface area contributed by atoms with Crippen molar-refractivity contribution in [1.82, 2.24) is 4.98 Å². The average molecular weight is 311 g/mol. The van der Waals surface area contributed by atoms with Crippen molar-refractivity contribution in [2.24, 2.45) is 5.73 Å². The summed E-state index contributed by atoms with van der Waals surface area (Å²) in [5, 5.41) is 1.17. The Hall–Kier alpha value is -0.710. The van der Waals surface area contributed by atoms with E-state index in [-0.39, 0.29) is 0 Å². The molecule has 2 rings (SSSR count). The Morgan fingerprint density at radius 2 is 2.00 bits per heavy atom. The van der Waals surface area contributed by atoms with E-state index < -0.39 is 0 Å². The van der Waals surface area contributed by atoms with E-state index in [0.29, 0.717) is 6.54 Å². The lowest BCUT2D eigenvalue weighted by Gasteiger charge is -1.97. The molecular formula is C13H15BrN2S. The first-order chi connectivity index (χ1) is 8.19. The Morgan fingerprint density at radius 1 is 1.29 bits per heavy atom. The number of aromatic nitrogens is 1. The summed E-state index contributed by atoms with van der Waals surface area (Å²) in [6, 6.07) is 8.39. The second-order valence-corrected chi connectivity index (χ2v) is 6.04. The van der Waals surface area contributed by atoms with Gasteiger partial charge in [-0.25, -0.2) is 4.98 Å². The van der Waals surface area contributed by atoms with Crippen LogP contribution in [0, 0.1) is 6.92 Å². The molecule has 0 aliphatic carbocycles. The molecule has 4 heteroatoms. The van der Waals surface area contributed by atoms with E-state index in [1.807, 2.05) is 0 Å². The highest BCUT2D eigenvalue weighted by molar-refractivity contribution is 9.10. The molecule has 0 aliphatic heterocycles. The molecule has 17 heavy (non-hydrogen) atoms. The van der Waals surface area contributed by atoms with Gasteiger partial charge in [-0.3, -0.25) is 0 Å². The van der Waals surface area contributed by atoms with Crippen LogP contribution in [0.2, 0.25) is 0 Å². The minimum Gasteiger partial charge on any atom is -0.330 e. The first kappa shape index (κ1) is 12.7. The quantitative estimate of drug-likeness (QED) is 0.941. The number of nitrogens with zero attached hydrogens (tertiary/aromatic N) is 1. The van der Waals surface area contributed by atoms with Crippen LogP contribution in [0.1, 0.15) is 21.1 Å². The molecule has 0 amide bonds. The molecule has 90 valence electrons. The average Bonchev–Trinajstić information content (AvgIpc) is 2.63. The van der Waals surface area contributed by atoms with Crippen molar-refractivity contribution in [3.63, 3.8) is 0 Å². The van der Waals surface area contributed by atoms with Crippen molar-refractivity contribution in [3.05, 3.63) is 49.9 Å². The summed E-state index contributed by atoms with van der Waals surface area (Å²) in [4.78, 5) is 5.92. The maximum Gasteiger partial charge on any atom is 0.0974 e. The summed E-state index contributed by atoms with van der Waals surface area (Å²) in [5.74, 6) is 0. The molecule has 0 atom stereocenters. The Labute approximate surface area is 114 Å². The zero-order valence-corrected chi connectivity index (χ0v) is 12.1. The fourth-order valence-corrected chi connectivity index (χ4v) is 3.09. The van der Waals surface area contributed by atoms with E-state index in [2.05, 4.69) is 52.1 Å². The molecule has 2 nitrogen and oxygen atoms in total. The zero-order valence-electron chi connectivity index (χ0n) is 9.74. The third-order valence-electron chi connectivity index (χ3n) is 2.58. The summed E-state index contributed by atoms with van der Waals surface area (Å²) in [5.41, 5.74) is 8.01. The van der Waals surface area contributed by atoms with Gasteiger partial charge in [-0.1, -0.05) is 28.1 Å². The van der Waals surface area contributed by atoms with E-state index in [9.17, 15) is 0 Å². The van der Waals surface area contributed by atoms with Gasteiger partial charge in [0.05, 0.1) is 10.7 Å². The van der Waals surface area contributed by atoms with Gasteiger partial charge in [0.1, 0.15) is 0 Å². The van der Waals surface area contributed by atoms with Gasteiger partial charge >= 0.3 is 0 Å². The number of rotatable bonds is 4. The van der Waals surface area contributed by atoms with E-state index in [1.54, 1.807) is 11.3 Å². The van der Waals surface area contributed by atoms with Crippen LogP contribution in [-0.2, 0) is 12.8 Å². The van der Waals surface area contributed by atoms with Gasteiger partial charge in [-0.05, 0) is 37.6 Å². The molecule has 2 aromatic rings. The monoisotopic (exact) mass is 310 g/mol. The molecule has 0 radical (unpaired) electrons. The van der Waals surface area contributed by atoms with Gasteiger partial charge in [0.25, 0.3) is 0 Å². The topological polar surface area (TPSA) is 38.9 Å². The Kier molecular flexibility index (Phi) is 4.31. The number of benzene rings is 1. The molecule has 0 bridgehead atoms. The van der Waals surface area contributed by atoms with E-state index in [0.717, 1.165) is 23.0 Å². The lowest BCUT2D eigenvalue weighted by Crippen LogP contribution is -2.01. The largest absolute Gasteiger partial charge is 0.330 e. The van der Waals surface area contributed by atoms with Crippen molar-refractivity contribution in [2.75, 3.05) is 6.54 Å². The van der Waals surface area contributed by atoms with Crippen molar-refractivity contribution in [3.8, 4) is 0 Å². The van der Waals surface area contributed by atoms with Crippen LogP contribution in [0.3, 0.4) is 0 Å². The van der Waals surface area contributed by atoms with Crippen molar-refractivity contribution >= 4 is 27.3 Å². The summed E-state index contributed by atoms with van der Waals surface area (Å²) in [6.45, 7) is 2.76. The summed E-state index contributed by atoms with van der Waals surface area (Å²) in [6.07, 6.45) is 1.84. The molecule has 0 unspecified atom stereocenters. The lowest BCUT2D eigenvalue weighted by atomic mass is 10.2. The molecule has 1 aromatic heterocycles. The normalized spacial score (nSPS) is 10.8. The second kappa shape index (κ2) is 5.76. The smallest absolute Gasteiger partial charge is 0.0974 e. The third-order valence-corrected chi connectivity index (χ3v) is 4.32. The predicted molar refractivity (Wildman–Crippen MR) is 76.6 cm³/mol. The van der Waals surface area contributed by atoms with Gasteiger partial charge in [-0.2, -0.15) is 0 Å². The summed E-state index contributed by atoms with van der Waals surface area (Å²) < 4.78 is 1.11. The van der Waals surface area contributed by atoms with Crippen LogP contribution < -0.4 is 5.73 Å². The Balaban J connectivity index is 2.13. The highest BCUT2D eigenvalue weighted by Gasteiger charge is 2.07. The van der Waals surface area contributed by atoms with Crippen LogP contribution in [0.5, 0.6) is 0 Å². The molecule has 0 saturated heterocycles. The number of hydrogen-bond donors (Lipinski definition) is 1. The molecule has 0 aliphatic rings. The summed E-state index contributed by atoms with van der Waals surface area (Å²) >= 11 is 5.22. The van der Waals surface area contributed by atoms with Crippen molar-refractivity contribution in [1.29, 1.82) is 0 Å². The van der Waals surface area contributed by atoms with Crippen LogP contribution in [0.15, 0.2) is 28.7 Å². The number of halogens is 1. The SMILES string of the molecule is Cc1nc(Cc2ccc(Br)cc2)sc1CCN. The molecule has 0 spiro atoms. The first-order valence-corrected chi connectivity index (χ1v) is 7.19. The zero-order chi connectivity index (χ0) is 12.3.